The number of benzene rings is 2. The van der Waals surface area contributed by atoms with Crippen LogP contribution >= 0.6 is 12.6 Å². The number of hydrogen-bond donors (Lipinski definition) is 1. The van der Waals surface area contributed by atoms with Gasteiger partial charge in [0.05, 0.1) is 6.61 Å². The molecule has 0 atom stereocenters. The van der Waals surface area contributed by atoms with Gasteiger partial charge >= 0.3 is 5.97 Å². The molecule has 0 heterocycles. The molecule has 29 heavy (non-hydrogen) atoms. The standard InChI is InChI=1S/C24H30O4S/c1-18(2)23(25)28-16-15-27-22-12-8-20(9-13-22)24(3,4)19-6-10-21(11-7-19)26-14-5-17-29/h6-13,29H,1,5,14-17H2,2-4H3. The highest BCUT2D eigenvalue weighted by Gasteiger charge is 2.23. The third kappa shape index (κ3) is 6.86. The Bertz CT molecular complexity index is 795. The van der Waals surface area contributed by atoms with Gasteiger partial charge in [-0.05, 0) is 54.5 Å². The van der Waals surface area contributed by atoms with Crippen LogP contribution in [0.3, 0.4) is 0 Å². The Morgan fingerprint density at radius 3 is 1.83 bits per heavy atom. The highest BCUT2D eigenvalue weighted by Crippen LogP contribution is 2.33. The van der Waals surface area contributed by atoms with Crippen LogP contribution in [0.25, 0.3) is 0 Å². The second kappa shape index (κ2) is 11.0. The summed E-state index contributed by atoms with van der Waals surface area (Å²) >= 11 is 4.20. The molecule has 4 nitrogen and oxygen atoms in total. The van der Waals surface area contributed by atoms with Gasteiger partial charge in [0.25, 0.3) is 0 Å². The Balaban J connectivity index is 1.93. The Morgan fingerprint density at radius 1 is 0.897 bits per heavy atom. The number of thiol groups is 1. The van der Waals surface area contributed by atoms with Gasteiger partial charge in [-0.25, -0.2) is 4.79 Å². The lowest BCUT2D eigenvalue weighted by Gasteiger charge is -2.26. The average Bonchev–Trinajstić information content (AvgIpc) is 2.72. The fourth-order valence-corrected chi connectivity index (χ4v) is 2.90. The number of hydrogen-bond acceptors (Lipinski definition) is 5. The van der Waals surface area contributed by atoms with E-state index in [1.165, 1.54) is 11.1 Å². The first-order valence-electron chi connectivity index (χ1n) is 9.75. The zero-order chi connectivity index (χ0) is 21.3. The van der Waals surface area contributed by atoms with Crippen LogP contribution in [-0.2, 0) is 14.9 Å². The fraction of sp³-hybridized carbons (Fsp3) is 0.375. The molecule has 0 unspecified atom stereocenters. The molecule has 0 radical (unpaired) electrons. The van der Waals surface area contributed by atoms with Crippen molar-refractivity contribution in [3.05, 3.63) is 71.8 Å². The molecular weight excluding hydrogens is 384 g/mol. The van der Waals surface area contributed by atoms with Crippen LogP contribution in [0, 0.1) is 0 Å². The summed E-state index contributed by atoms with van der Waals surface area (Å²) in [4.78, 5) is 11.3. The molecule has 0 fully saturated rings. The smallest absolute Gasteiger partial charge is 0.333 e. The van der Waals surface area contributed by atoms with E-state index < -0.39 is 5.97 Å². The van der Waals surface area contributed by atoms with Gasteiger partial charge in [0.2, 0.25) is 0 Å². The molecule has 2 rings (SSSR count). The minimum absolute atomic E-state index is 0.154. The van der Waals surface area contributed by atoms with E-state index in [1.54, 1.807) is 6.92 Å². The lowest BCUT2D eigenvalue weighted by atomic mass is 9.78. The first-order valence-corrected chi connectivity index (χ1v) is 10.4. The summed E-state index contributed by atoms with van der Waals surface area (Å²) < 4.78 is 16.4. The van der Waals surface area contributed by atoms with Gasteiger partial charge in [0, 0.05) is 11.0 Å². The van der Waals surface area contributed by atoms with E-state index in [0.29, 0.717) is 18.8 Å². The lowest BCUT2D eigenvalue weighted by molar-refractivity contribution is -0.139. The van der Waals surface area contributed by atoms with Crippen LogP contribution in [0.15, 0.2) is 60.7 Å². The predicted octanol–water partition coefficient (Wildman–Crippen LogP) is 5.21. The number of rotatable bonds is 11. The Kier molecular flexibility index (Phi) is 8.65. The highest BCUT2D eigenvalue weighted by atomic mass is 32.1. The van der Waals surface area contributed by atoms with E-state index in [9.17, 15) is 4.79 Å². The molecular formula is C24H30O4S. The van der Waals surface area contributed by atoms with Crippen molar-refractivity contribution in [3.8, 4) is 11.5 Å². The van der Waals surface area contributed by atoms with Gasteiger partial charge in [-0.1, -0.05) is 44.7 Å². The Hall–Kier alpha value is -2.40. The van der Waals surface area contributed by atoms with Crippen molar-refractivity contribution in [1.29, 1.82) is 0 Å². The second-order valence-corrected chi connectivity index (χ2v) is 7.81. The van der Waals surface area contributed by atoms with Crippen molar-refractivity contribution in [2.45, 2.75) is 32.6 Å². The van der Waals surface area contributed by atoms with E-state index in [4.69, 9.17) is 14.2 Å². The first-order chi connectivity index (χ1) is 13.8. The van der Waals surface area contributed by atoms with Crippen LogP contribution in [0.1, 0.15) is 38.3 Å². The van der Waals surface area contributed by atoms with Crippen molar-refractivity contribution in [1.82, 2.24) is 0 Å². The van der Waals surface area contributed by atoms with Gasteiger partial charge in [0.15, 0.2) is 0 Å². The van der Waals surface area contributed by atoms with Crippen LogP contribution < -0.4 is 9.47 Å². The quantitative estimate of drug-likeness (QED) is 0.237. The molecule has 0 saturated heterocycles. The van der Waals surface area contributed by atoms with Crippen molar-refractivity contribution < 1.29 is 19.0 Å². The SMILES string of the molecule is C=C(C)C(=O)OCCOc1ccc(C(C)(C)c2ccc(OCCCS)cc2)cc1. The average molecular weight is 415 g/mol. The third-order valence-corrected chi connectivity index (χ3v) is 4.97. The van der Waals surface area contributed by atoms with E-state index in [-0.39, 0.29) is 12.0 Å². The minimum Gasteiger partial charge on any atom is -0.494 e. The molecule has 156 valence electrons. The maximum atomic E-state index is 11.3. The predicted molar refractivity (Wildman–Crippen MR) is 120 cm³/mol. The van der Waals surface area contributed by atoms with Crippen LogP contribution in [-0.4, -0.2) is 31.5 Å². The number of carbonyl (C=O) groups is 1. The topological polar surface area (TPSA) is 44.8 Å². The highest BCUT2D eigenvalue weighted by molar-refractivity contribution is 7.80. The van der Waals surface area contributed by atoms with E-state index in [0.717, 1.165) is 23.7 Å². The van der Waals surface area contributed by atoms with Crippen LogP contribution in [0.5, 0.6) is 11.5 Å². The summed E-state index contributed by atoms with van der Waals surface area (Å²) in [6.45, 7) is 10.7. The summed E-state index contributed by atoms with van der Waals surface area (Å²) in [7, 11) is 0. The Labute approximate surface area is 179 Å². The zero-order valence-corrected chi connectivity index (χ0v) is 18.3. The van der Waals surface area contributed by atoms with E-state index >= 15 is 0 Å². The molecule has 0 spiro atoms. The molecule has 2 aromatic carbocycles. The monoisotopic (exact) mass is 414 g/mol. The molecule has 0 N–H and O–H groups in total. The summed E-state index contributed by atoms with van der Waals surface area (Å²) in [5.74, 6) is 2.04. The summed E-state index contributed by atoms with van der Waals surface area (Å²) in [5.41, 5.74) is 2.62. The van der Waals surface area contributed by atoms with Gasteiger partial charge in [-0.15, -0.1) is 0 Å². The van der Waals surface area contributed by atoms with Crippen molar-refractivity contribution in [3.63, 3.8) is 0 Å². The largest absolute Gasteiger partial charge is 0.494 e. The zero-order valence-electron chi connectivity index (χ0n) is 17.4. The van der Waals surface area contributed by atoms with Crippen molar-refractivity contribution in [2.75, 3.05) is 25.6 Å². The molecule has 5 heteroatoms. The minimum atomic E-state index is -0.399. The maximum Gasteiger partial charge on any atom is 0.333 e. The molecule has 0 saturated carbocycles. The van der Waals surface area contributed by atoms with Crippen LogP contribution in [0.4, 0.5) is 0 Å². The first kappa shape index (κ1) is 22.9. The van der Waals surface area contributed by atoms with Crippen LogP contribution in [0.2, 0.25) is 0 Å². The normalized spacial score (nSPS) is 11.0. The van der Waals surface area contributed by atoms with E-state index in [1.807, 2.05) is 24.3 Å². The number of ether oxygens (including phenoxy) is 3. The maximum absolute atomic E-state index is 11.3. The molecule has 0 aliphatic rings. The second-order valence-electron chi connectivity index (χ2n) is 7.36. The third-order valence-electron chi connectivity index (χ3n) is 4.66. The molecule has 0 aliphatic heterocycles. The summed E-state index contributed by atoms with van der Waals surface area (Å²) in [5, 5.41) is 0. The number of carbonyl (C=O) groups excluding carboxylic acids is 1. The van der Waals surface area contributed by atoms with Gasteiger partial charge in [-0.2, -0.15) is 12.6 Å². The molecule has 0 amide bonds. The molecule has 0 aromatic heterocycles. The summed E-state index contributed by atoms with van der Waals surface area (Å²) in [6.07, 6.45) is 0.932. The Morgan fingerprint density at radius 2 is 1.38 bits per heavy atom. The lowest BCUT2D eigenvalue weighted by Crippen LogP contribution is -2.18. The van der Waals surface area contributed by atoms with Gasteiger partial charge in [-0.3, -0.25) is 0 Å². The van der Waals surface area contributed by atoms with Gasteiger partial charge in [0.1, 0.15) is 24.7 Å². The number of esters is 1. The van der Waals surface area contributed by atoms with Crippen molar-refractivity contribution in [2.24, 2.45) is 0 Å². The van der Waals surface area contributed by atoms with Crippen molar-refractivity contribution >= 4 is 18.6 Å². The summed E-state index contributed by atoms with van der Waals surface area (Å²) in [6, 6.07) is 16.2. The van der Waals surface area contributed by atoms with E-state index in [2.05, 4.69) is 57.3 Å². The fourth-order valence-electron chi connectivity index (χ4n) is 2.77. The van der Waals surface area contributed by atoms with Gasteiger partial charge < -0.3 is 14.2 Å². The molecule has 0 aliphatic carbocycles. The molecule has 0 bridgehead atoms. The molecule has 2 aromatic rings.